The highest BCUT2D eigenvalue weighted by Gasteiger charge is 2.12. The Morgan fingerprint density at radius 2 is 2.15 bits per heavy atom. The molecule has 2 heterocycles. The van der Waals surface area contributed by atoms with Gasteiger partial charge in [0.05, 0.1) is 0 Å². The largest absolute Gasteiger partial charge is 0.361 e. The number of nitrogens with zero attached hydrogens (tertiary/aromatic N) is 1. The van der Waals surface area contributed by atoms with Crippen LogP contribution in [-0.2, 0) is 0 Å². The first-order valence-corrected chi connectivity index (χ1v) is 6.58. The number of rotatable bonds is 3. The molecule has 0 aliphatic rings. The Kier molecular flexibility index (Phi) is 3.02. The van der Waals surface area contributed by atoms with E-state index in [-0.39, 0.29) is 5.91 Å². The van der Waals surface area contributed by atoms with Crippen LogP contribution in [0.15, 0.2) is 36.5 Å². The van der Waals surface area contributed by atoms with Gasteiger partial charge in [-0.05, 0) is 24.1 Å². The van der Waals surface area contributed by atoms with Gasteiger partial charge in [0, 0.05) is 34.4 Å². The minimum Gasteiger partial charge on any atom is -0.361 e. The predicted molar refractivity (Wildman–Crippen MR) is 78.9 cm³/mol. The minimum absolute atomic E-state index is 0.156. The summed E-state index contributed by atoms with van der Waals surface area (Å²) < 4.78 is 0. The number of nitrogens with one attached hydrogen (secondary N) is 3. The third-order valence-corrected chi connectivity index (χ3v) is 3.30. The van der Waals surface area contributed by atoms with Crippen LogP contribution >= 0.6 is 0 Å². The molecule has 3 aromatic rings. The van der Waals surface area contributed by atoms with Crippen molar-refractivity contribution in [3.05, 3.63) is 47.8 Å². The molecule has 0 atom stereocenters. The number of carbonyl (C=O) groups is 1. The second-order valence-corrected chi connectivity index (χ2v) is 5.06. The van der Waals surface area contributed by atoms with Crippen LogP contribution in [0.25, 0.3) is 10.9 Å². The van der Waals surface area contributed by atoms with E-state index < -0.39 is 0 Å². The van der Waals surface area contributed by atoms with E-state index in [9.17, 15) is 4.79 Å². The van der Waals surface area contributed by atoms with Crippen LogP contribution in [0.1, 0.15) is 35.8 Å². The van der Waals surface area contributed by atoms with Crippen molar-refractivity contribution in [3.8, 4) is 0 Å². The minimum atomic E-state index is -0.156. The molecule has 20 heavy (non-hydrogen) atoms. The lowest BCUT2D eigenvalue weighted by atomic mass is 10.1. The van der Waals surface area contributed by atoms with Crippen molar-refractivity contribution < 1.29 is 4.79 Å². The fourth-order valence-corrected chi connectivity index (χ4v) is 2.16. The maximum absolute atomic E-state index is 12.3. The summed E-state index contributed by atoms with van der Waals surface area (Å²) in [5.41, 5.74) is 2.58. The molecule has 1 amide bonds. The number of hydrogen-bond donors (Lipinski definition) is 3. The van der Waals surface area contributed by atoms with Crippen LogP contribution in [0.5, 0.6) is 0 Å². The van der Waals surface area contributed by atoms with Gasteiger partial charge >= 0.3 is 0 Å². The van der Waals surface area contributed by atoms with Crippen molar-refractivity contribution in [2.75, 3.05) is 5.32 Å². The van der Waals surface area contributed by atoms with Crippen molar-refractivity contribution in [2.24, 2.45) is 0 Å². The molecular weight excluding hydrogens is 252 g/mol. The van der Waals surface area contributed by atoms with Gasteiger partial charge in [0.25, 0.3) is 5.91 Å². The Labute approximate surface area is 116 Å². The highest BCUT2D eigenvalue weighted by molar-refractivity contribution is 6.12. The summed E-state index contributed by atoms with van der Waals surface area (Å²) in [7, 11) is 0. The highest BCUT2D eigenvalue weighted by atomic mass is 16.1. The van der Waals surface area contributed by atoms with Crippen LogP contribution < -0.4 is 5.32 Å². The van der Waals surface area contributed by atoms with E-state index in [2.05, 4.69) is 34.3 Å². The van der Waals surface area contributed by atoms with Crippen molar-refractivity contribution in [3.63, 3.8) is 0 Å². The fraction of sp³-hybridized carbons (Fsp3) is 0.200. The smallest absolute Gasteiger partial charge is 0.257 e. The van der Waals surface area contributed by atoms with E-state index in [1.54, 1.807) is 0 Å². The monoisotopic (exact) mass is 268 g/mol. The Bertz CT molecular complexity index is 754. The normalized spacial score (nSPS) is 11.2. The number of H-pyrrole nitrogens is 2. The van der Waals surface area contributed by atoms with Gasteiger partial charge in [-0.2, -0.15) is 5.10 Å². The molecule has 0 unspecified atom stereocenters. The molecule has 3 N–H and O–H groups in total. The molecule has 0 radical (unpaired) electrons. The number of aromatic amines is 2. The SMILES string of the molecule is CC(C)c1cc(NC(=O)c2cccc3[nH]ccc23)n[nH]1. The second-order valence-electron chi connectivity index (χ2n) is 5.06. The molecule has 0 spiro atoms. The summed E-state index contributed by atoms with van der Waals surface area (Å²) in [6.07, 6.45) is 1.83. The Balaban J connectivity index is 1.87. The van der Waals surface area contributed by atoms with Crippen molar-refractivity contribution >= 4 is 22.6 Å². The first-order valence-electron chi connectivity index (χ1n) is 6.58. The number of benzene rings is 1. The topological polar surface area (TPSA) is 73.6 Å². The third-order valence-electron chi connectivity index (χ3n) is 3.30. The van der Waals surface area contributed by atoms with Crippen LogP contribution in [0.3, 0.4) is 0 Å². The van der Waals surface area contributed by atoms with Crippen molar-refractivity contribution in [2.45, 2.75) is 19.8 Å². The predicted octanol–water partition coefficient (Wildman–Crippen LogP) is 3.27. The zero-order valence-corrected chi connectivity index (χ0v) is 11.4. The first kappa shape index (κ1) is 12.5. The number of fused-ring (bicyclic) bond motifs is 1. The molecule has 2 aromatic heterocycles. The summed E-state index contributed by atoms with van der Waals surface area (Å²) in [6.45, 7) is 4.14. The molecule has 3 rings (SSSR count). The van der Waals surface area contributed by atoms with Crippen LogP contribution in [0, 0.1) is 0 Å². The lowest BCUT2D eigenvalue weighted by Gasteiger charge is -2.03. The molecule has 0 aliphatic heterocycles. The van der Waals surface area contributed by atoms with E-state index in [1.807, 2.05) is 36.5 Å². The Hall–Kier alpha value is -2.56. The van der Waals surface area contributed by atoms with E-state index >= 15 is 0 Å². The molecule has 0 fully saturated rings. The lowest BCUT2D eigenvalue weighted by molar-refractivity contribution is 0.102. The molecule has 0 saturated carbocycles. The lowest BCUT2D eigenvalue weighted by Crippen LogP contribution is -2.12. The average Bonchev–Trinajstić information content (AvgIpc) is 3.05. The van der Waals surface area contributed by atoms with E-state index in [1.165, 1.54) is 0 Å². The van der Waals surface area contributed by atoms with Crippen molar-refractivity contribution in [1.82, 2.24) is 15.2 Å². The zero-order valence-electron chi connectivity index (χ0n) is 11.4. The number of carbonyl (C=O) groups excluding carboxylic acids is 1. The quantitative estimate of drug-likeness (QED) is 0.682. The maximum atomic E-state index is 12.3. The van der Waals surface area contributed by atoms with Gasteiger partial charge in [0.1, 0.15) is 0 Å². The van der Waals surface area contributed by atoms with Gasteiger partial charge in [0.2, 0.25) is 0 Å². The highest BCUT2D eigenvalue weighted by Crippen LogP contribution is 2.19. The maximum Gasteiger partial charge on any atom is 0.257 e. The summed E-state index contributed by atoms with van der Waals surface area (Å²) in [5, 5.41) is 10.8. The summed E-state index contributed by atoms with van der Waals surface area (Å²) in [6, 6.07) is 9.37. The molecule has 1 aromatic carbocycles. The van der Waals surface area contributed by atoms with E-state index in [0.29, 0.717) is 17.3 Å². The first-order chi connectivity index (χ1) is 9.65. The number of amides is 1. The Morgan fingerprint density at radius 1 is 1.30 bits per heavy atom. The number of aromatic nitrogens is 3. The molecule has 102 valence electrons. The standard InChI is InChI=1S/C15H16N4O/c1-9(2)13-8-14(19-18-13)17-15(20)11-4-3-5-12-10(11)6-7-16-12/h3-9,16H,1-2H3,(H2,17,18,19,20). The van der Waals surface area contributed by atoms with E-state index in [0.717, 1.165) is 16.6 Å². The molecule has 0 bridgehead atoms. The molecule has 5 nitrogen and oxygen atoms in total. The average molecular weight is 268 g/mol. The number of anilines is 1. The van der Waals surface area contributed by atoms with Gasteiger partial charge in [0.15, 0.2) is 5.82 Å². The molecule has 0 aliphatic carbocycles. The van der Waals surface area contributed by atoms with Gasteiger partial charge in [-0.1, -0.05) is 19.9 Å². The van der Waals surface area contributed by atoms with Crippen LogP contribution in [0.4, 0.5) is 5.82 Å². The van der Waals surface area contributed by atoms with Crippen LogP contribution in [-0.4, -0.2) is 21.1 Å². The van der Waals surface area contributed by atoms with Gasteiger partial charge in [-0.25, -0.2) is 0 Å². The van der Waals surface area contributed by atoms with Gasteiger partial charge < -0.3 is 10.3 Å². The number of hydrogen-bond acceptors (Lipinski definition) is 2. The molecule has 0 saturated heterocycles. The second kappa shape index (κ2) is 4.85. The molecule has 5 heteroatoms. The van der Waals surface area contributed by atoms with Gasteiger partial charge in [-0.3, -0.25) is 9.89 Å². The summed E-state index contributed by atoms with van der Waals surface area (Å²) in [4.78, 5) is 15.4. The Morgan fingerprint density at radius 3 is 2.90 bits per heavy atom. The van der Waals surface area contributed by atoms with Crippen LogP contribution in [0.2, 0.25) is 0 Å². The van der Waals surface area contributed by atoms with Gasteiger partial charge in [-0.15, -0.1) is 0 Å². The zero-order chi connectivity index (χ0) is 14.1. The summed E-state index contributed by atoms with van der Waals surface area (Å²) in [5.74, 6) is 0.740. The van der Waals surface area contributed by atoms with E-state index in [4.69, 9.17) is 0 Å². The molecular formula is C15H16N4O. The van der Waals surface area contributed by atoms with Crippen molar-refractivity contribution in [1.29, 1.82) is 0 Å². The summed E-state index contributed by atoms with van der Waals surface area (Å²) >= 11 is 0. The third kappa shape index (κ3) is 2.18. The fourth-order valence-electron chi connectivity index (χ4n) is 2.16.